The Morgan fingerprint density at radius 1 is 1.22 bits per heavy atom. The quantitative estimate of drug-likeness (QED) is 0.432. The SMILES string of the molecule is CCOC(=O)C(F)(F)C1CCc2cc(OCCc3nc(-c4ccccc4)oc3C)ccc21. The van der Waals surface area contributed by atoms with Crippen LogP contribution in [0, 0.1) is 6.92 Å². The van der Waals surface area contributed by atoms with Crippen LogP contribution >= 0.6 is 0 Å². The molecule has 0 fully saturated rings. The van der Waals surface area contributed by atoms with E-state index >= 15 is 0 Å². The van der Waals surface area contributed by atoms with E-state index in [1.807, 2.05) is 37.3 Å². The number of alkyl halides is 2. The van der Waals surface area contributed by atoms with Crippen LogP contribution in [0.3, 0.4) is 0 Å². The standard InChI is InChI=1S/C25H25F2NO4/c1-3-30-24(29)25(26,27)21-12-9-18-15-19(10-11-20(18)21)31-14-13-22-16(2)32-23(28-22)17-7-5-4-6-8-17/h4-8,10-11,15,21H,3,9,12-14H2,1-2H3. The van der Waals surface area contributed by atoms with Gasteiger partial charge in [-0.1, -0.05) is 24.3 Å². The van der Waals surface area contributed by atoms with Crippen molar-refractivity contribution >= 4 is 5.97 Å². The summed E-state index contributed by atoms with van der Waals surface area (Å²) < 4.78 is 45.2. The molecule has 0 aliphatic heterocycles. The number of ether oxygens (including phenoxy) is 2. The second-order valence-electron chi connectivity index (χ2n) is 7.78. The van der Waals surface area contributed by atoms with Gasteiger partial charge in [-0.3, -0.25) is 0 Å². The van der Waals surface area contributed by atoms with Gasteiger partial charge >= 0.3 is 11.9 Å². The number of nitrogens with zero attached hydrogens (tertiary/aromatic N) is 1. The molecule has 3 aromatic rings. The van der Waals surface area contributed by atoms with Crippen molar-refractivity contribution in [1.29, 1.82) is 0 Å². The molecule has 0 N–H and O–H groups in total. The monoisotopic (exact) mass is 441 g/mol. The van der Waals surface area contributed by atoms with Gasteiger partial charge in [0, 0.05) is 12.0 Å². The average Bonchev–Trinajstić information content (AvgIpc) is 3.38. The molecule has 0 bridgehead atoms. The second kappa shape index (κ2) is 9.10. The molecular formula is C25H25F2NO4. The molecule has 32 heavy (non-hydrogen) atoms. The van der Waals surface area contributed by atoms with Crippen molar-refractivity contribution in [3.05, 3.63) is 71.1 Å². The molecule has 0 saturated carbocycles. The molecule has 7 heteroatoms. The van der Waals surface area contributed by atoms with Gasteiger partial charge in [-0.05, 0) is 62.1 Å². The molecule has 1 aromatic heterocycles. The summed E-state index contributed by atoms with van der Waals surface area (Å²) >= 11 is 0. The first-order chi connectivity index (χ1) is 15.4. The molecular weight excluding hydrogens is 416 g/mol. The minimum Gasteiger partial charge on any atom is -0.493 e. The summed E-state index contributed by atoms with van der Waals surface area (Å²) in [5.74, 6) is -4.25. The van der Waals surface area contributed by atoms with E-state index in [4.69, 9.17) is 9.15 Å². The van der Waals surface area contributed by atoms with Gasteiger partial charge in [0.1, 0.15) is 11.5 Å². The number of hydrogen-bond acceptors (Lipinski definition) is 5. The number of aryl methyl sites for hydroxylation is 2. The molecule has 1 heterocycles. The van der Waals surface area contributed by atoms with Gasteiger partial charge in [-0.25, -0.2) is 9.78 Å². The Labute approximate surface area is 185 Å². The van der Waals surface area contributed by atoms with Gasteiger partial charge in [0.15, 0.2) is 0 Å². The molecule has 5 nitrogen and oxygen atoms in total. The lowest BCUT2D eigenvalue weighted by Crippen LogP contribution is -2.36. The fourth-order valence-electron chi connectivity index (χ4n) is 4.06. The minimum absolute atomic E-state index is 0.0708. The summed E-state index contributed by atoms with van der Waals surface area (Å²) in [6, 6.07) is 14.8. The van der Waals surface area contributed by atoms with Crippen molar-refractivity contribution in [2.45, 2.75) is 45.0 Å². The maximum atomic E-state index is 14.5. The highest BCUT2D eigenvalue weighted by Gasteiger charge is 2.51. The number of hydrogen-bond donors (Lipinski definition) is 0. The van der Waals surface area contributed by atoms with Crippen LogP contribution in [-0.4, -0.2) is 30.1 Å². The molecule has 1 atom stereocenters. The van der Waals surface area contributed by atoms with Crippen LogP contribution in [0.1, 0.15) is 41.8 Å². The summed E-state index contributed by atoms with van der Waals surface area (Å²) in [5, 5.41) is 0. The summed E-state index contributed by atoms with van der Waals surface area (Å²) in [4.78, 5) is 16.3. The number of carbonyl (C=O) groups is 1. The molecule has 4 rings (SSSR count). The Morgan fingerprint density at radius 3 is 2.75 bits per heavy atom. The molecule has 1 aliphatic rings. The number of fused-ring (bicyclic) bond motifs is 1. The van der Waals surface area contributed by atoms with Crippen LogP contribution < -0.4 is 4.74 Å². The number of carbonyl (C=O) groups excluding carboxylic acids is 1. The predicted molar refractivity (Wildman–Crippen MR) is 115 cm³/mol. The molecule has 0 radical (unpaired) electrons. The van der Waals surface area contributed by atoms with Crippen molar-refractivity contribution in [1.82, 2.24) is 4.98 Å². The zero-order chi connectivity index (χ0) is 22.7. The van der Waals surface area contributed by atoms with E-state index in [0.29, 0.717) is 36.7 Å². The zero-order valence-electron chi connectivity index (χ0n) is 18.1. The number of esters is 1. The van der Waals surface area contributed by atoms with Crippen molar-refractivity contribution in [2.75, 3.05) is 13.2 Å². The van der Waals surface area contributed by atoms with E-state index in [-0.39, 0.29) is 13.0 Å². The third-order valence-electron chi connectivity index (χ3n) is 5.70. The first-order valence-corrected chi connectivity index (χ1v) is 10.7. The highest BCUT2D eigenvalue weighted by Crippen LogP contribution is 2.45. The normalized spacial score (nSPS) is 15.4. The fraction of sp³-hybridized carbons (Fsp3) is 0.360. The zero-order valence-corrected chi connectivity index (χ0v) is 18.1. The number of aromatic nitrogens is 1. The van der Waals surface area contributed by atoms with Crippen molar-refractivity contribution in [2.24, 2.45) is 0 Å². The van der Waals surface area contributed by atoms with Crippen LogP contribution in [0.15, 0.2) is 52.9 Å². The second-order valence-corrected chi connectivity index (χ2v) is 7.78. The van der Waals surface area contributed by atoms with Crippen LogP contribution in [-0.2, 0) is 22.4 Å². The van der Waals surface area contributed by atoms with E-state index in [1.54, 1.807) is 18.2 Å². The van der Waals surface area contributed by atoms with Crippen molar-refractivity contribution in [3.8, 4) is 17.2 Å². The van der Waals surface area contributed by atoms with Gasteiger partial charge in [-0.2, -0.15) is 8.78 Å². The van der Waals surface area contributed by atoms with E-state index in [9.17, 15) is 13.6 Å². The highest BCUT2D eigenvalue weighted by molar-refractivity contribution is 5.79. The lowest BCUT2D eigenvalue weighted by atomic mass is 9.94. The van der Waals surface area contributed by atoms with Crippen molar-refractivity contribution in [3.63, 3.8) is 0 Å². The lowest BCUT2D eigenvalue weighted by molar-refractivity contribution is -0.175. The van der Waals surface area contributed by atoms with Crippen LogP contribution in [0.4, 0.5) is 8.78 Å². The first-order valence-electron chi connectivity index (χ1n) is 10.7. The summed E-state index contributed by atoms with van der Waals surface area (Å²) in [7, 11) is 0. The van der Waals surface area contributed by atoms with Crippen molar-refractivity contribution < 1.29 is 27.5 Å². The molecule has 1 aliphatic carbocycles. The van der Waals surface area contributed by atoms with Gasteiger partial charge < -0.3 is 13.9 Å². The Balaban J connectivity index is 1.39. The van der Waals surface area contributed by atoms with Gasteiger partial charge in [0.25, 0.3) is 0 Å². The van der Waals surface area contributed by atoms with Crippen LogP contribution in [0.5, 0.6) is 5.75 Å². The molecule has 2 aromatic carbocycles. The van der Waals surface area contributed by atoms with E-state index in [0.717, 1.165) is 22.6 Å². The van der Waals surface area contributed by atoms with Gasteiger partial charge in [-0.15, -0.1) is 0 Å². The summed E-state index contributed by atoms with van der Waals surface area (Å²) in [6.07, 6.45) is 1.23. The largest absolute Gasteiger partial charge is 0.493 e. The van der Waals surface area contributed by atoms with Crippen LogP contribution in [0.25, 0.3) is 11.5 Å². The molecule has 168 valence electrons. The van der Waals surface area contributed by atoms with E-state index in [1.165, 1.54) is 6.92 Å². The Bertz CT molecular complexity index is 1090. The first kappa shape index (κ1) is 22.0. The number of halogens is 2. The van der Waals surface area contributed by atoms with Gasteiger partial charge in [0.05, 0.1) is 24.8 Å². The smallest absolute Gasteiger partial charge is 0.377 e. The third-order valence-corrected chi connectivity index (χ3v) is 5.70. The molecule has 1 unspecified atom stereocenters. The molecule has 0 spiro atoms. The number of oxazole rings is 1. The number of rotatable bonds is 8. The Hall–Kier alpha value is -3.22. The third kappa shape index (κ3) is 4.38. The topological polar surface area (TPSA) is 61.6 Å². The molecule has 0 saturated heterocycles. The Kier molecular flexibility index (Phi) is 6.26. The lowest BCUT2D eigenvalue weighted by Gasteiger charge is -2.22. The maximum absolute atomic E-state index is 14.5. The van der Waals surface area contributed by atoms with E-state index < -0.39 is 17.8 Å². The minimum atomic E-state index is -3.54. The maximum Gasteiger partial charge on any atom is 0.377 e. The molecule has 0 amide bonds. The summed E-state index contributed by atoms with van der Waals surface area (Å²) in [5.41, 5.74) is 2.99. The highest BCUT2D eigenvalue weighted by atomic mass is 19.3. The fourth-order valence-corrected chi connectivity index (χ4v) is 4.06. The average molecular weight is 441 g/mol. The van der Waals surface area contributed by atoms with Gasteiger partial charge in [0.2, 0.25) is 5.89 Å². The summed E-state index contributed by atoms with van der Waals surface area (Å²) in [6.45, 7) is 3.69. The van der Waals surface area contributed by atoms with E-state index in [2.05, 4.69) is 9.72 Å². The van der Waals surface area contributed by atoms with Crippen LogP contribution in [0.2, 0.25) is 0 Å². The predicted octanol–water partition coefficient (Wildman–Crippen LogP) is 5.50. The number of benzene rings is 2. The Morgan fingerprint density at radius 2 is 2.00 bits per heavy atom.